The predicted octanol–water partition coefficient (Wildman–Crippen LogP) is 0.418. The van der Waals surface area contributed by atoms with Crippen molar-refractivity contribution in [2.45, 2.75) is 44.2 Å². The molecule has 2 aliphatic rings. The molecule has 3 rings (SSSR count). The van der Waals surface area contributed by atoms with Gasteiger partial charge >= 0.3 is 6.03 Å². The van der Waals surface area contributed by atoms with Crippen LogP contribution >= 0.6 is 0 Å². The predicted molar refractivity (Wildman–Crippen MR) is 98.4 cm³/mol. The number of hydrogen-bond donors (Lipinski definition) is 3. The highest BCUT2D eigenvalue weighted by Crippen LogP contribution is 2.22. The Labute approximate surface area is 158 Å². The Kier molecular flexibility index (Phi) is 5.76. The molecule has 0 bridgehead atoms. The molecular formula is C19H26N4O4. The number of hydrogen-bond acceptors (Lipinski definition) is 5. The molecule has 1 unspecified atom stereocenters. The van der Waals surface area contributed by atoms with Crippen molar-refractivity contribution in [1.82, 2.24) is 20.7 Å². The average Bonchev–Trinajstić information content (AvgIpc) is 2.86. The summed E-state index contributed by atoms with van der Waals surface area (Å²) < 4.78 is 0. The minimum absolute atomic E-state index is 0.0878. The third-order valence-corrected chi connectivity index (χ3v) is 5.18. The molecule has 0 aromatic heterocycles. The highest BCUT2D eigenvalue weighted by molar-refractivity contribution is 6.07. The van der Waals surface area contributed by atoms with Crippen LogP contribution in [0.3, 0.4) is 0 Å². The smallest absolute Gasteiger partial charge is 0.344 e. The maximum Gasteiger partial charge on any atom is 0.344 e. The number of piperidine rings is 1. The largest absolute Gasteiger partial charge is 0.393 e. The van der Waals surface area contributed by atoms with Crippen molar-refractivity contribution in [3.63, 3.8) is 0 Å². The average molecular weight is 374 g/mol. The van der Waals surface area contributed by atoms with Crippen LogP contribution in [0.2, 0.25) is 0 Å². The van der Waals surface area contributed by atoms with Crippen LogP contribution in [0.25, 0.3) is 0 Å². The van der Waals surface area contributed by atoms with Crippen molar-refractivity contribution in [1.29, 1.82) is 0 Å². The number of urea groups is 1. The minimum Gasteiger partial charge on any atom is -0.393 e. The van der Waals surface area contributed by atoms with Crippen LogP contribution in [0, 0.1) is 0 Å². The normalized spacial score (nSPS) is 24.1. The lowest BCUT2D eigenvalue weighted by Crippen LogP contribution is -2.52. The van der Waals surface area contributed by atoms with E-state index in [1.165, 1.54) is 0 Å². The summed E-state index contributed by atoms with van der Waals surface area (Å²) in [6.07, 6.45) is 2.00. The molecular weight excluding hydrogens is 348 g/mol. The highest BCUT2D eigenvalue weighted by Gasteiger charge is 2.48. The number of benzene rings is 1. The van der Waals surface area contributed by atoms with E-state index in [4.69, 9.17) is 0 Å². The molecule has 4 amide bonds. The number of nitrogens with zero attached hydrogens (tertiary/aromatic N) is 2. The van der Waals surface area contributed by atoms with Crippen LogP contribution in [0.5, 0.6) is 0 Å². The van der Waals surface area contributed by atoms with E-state index in [1.54, 1.807) is 6.92 Å². The van der Waals surface area contributed by atoms with Gasteiger partial charge < -0.3 is 10.4 Å². The summed E-state index contributed by atoms with van der Waals surface area (Å²) in [6, 6.07) is 9.11. The van der Waals surface area contributed by atoms with Crippen molar-refractivity contribution in [3.05, 3.63) is 35.9 Å². The zero-order valence-corrected chi connectivity index (χ0v) is 15.5. The van der Waals surface area contributed by atoms with Crippen molar-refractivity contribution in [2.24, 2.45) is 0 Å². The van der Waals surface area contributed by atoms with Crippen LogP contribution in [-0.4, -0.2) is 64.1 Å². The van der Waals surface area contributed by atoms with Gasteiger partial charge in [0.1, 0.15) is 5.54 Å². The fourth-order valence-electron chi connectivity index (χ4n) is 3.43. The number of nitrogens with one attached hydrogen (secondary N) is 2. The Hall–Kier alpha value is -2.45. The summed E-state index contributed by atoms with van der Waals surface area (Å²) in [5.41, 5.74) is 2.45. The summed E-state index contributed by atoms with van der Waals surface area (Å²) in [7, 11) is 0. The van der Waals surface area contributed by atoms with Gasteiger partial charge in [0.2, 0.25) is 0 Å². The van der Waals surface area contributed by atoms with E-state index in [-0.39, 0.29) is 12.6 Å². The molecule has 0 saturated carbocycles. The lowest BCUT2D eigenvalue weighted by molar-refractivity contribution is -0.139. The van der Waals surface area contributed by atoms with E-state index in [0.29, 0.717) is 38.8 Å². The highest BCUT2D eigenvalue weighted by atomic mass is 16.3. The van der Waals surface area contributed by atoms with E-state index in [2.05, 4.69) is 10.7 Å². The Bertz CT molecular complexity index is 703. The van der Waals surface area contributed by atoms with E-state index >= 15 is 0 Å². The molecule has 1 atom stereocenters. The van der Waals surface area contributed by atoms with Crippen molar-refractivity contribution < 1.29 is 19.5 Å². The molecule has 2 aliphatic heterocycles. The summed E-state index contributed by atoms with van der Waals surface area (Å²) in [6.45, 7) is 2.99. The van der Waals surface area contributed by atoms with Gasteiger partial charge in [0.05, 0.1) is 12.6 Å². The molecule has 8 heteroatoms. The van der Waals surface area contributed by atoms with Gasteiger partial charge in [-0.3, -0.25) is 19.9 Å². The second kappa shape index (κ2) is 8.06. The first kappa shape index (κ1) is 19.3. The number of carbonyl (C=O) groups excluding carboxylic acids is 3. The number of amides is 4. The summed E-state index contributed by atoms with van der Waals surface area (Å²) >= 11 is 0. The molecule has 0 spiro atoms. The van der Waals surface area contributed by atoms with Gasteiger partial charge in [-0.2, -0.15) is 5.01 Å². The molecule has 3 N–H and O–H groups in total. The van der Waals surface area contributed by atoms with Gasteiger partial charge in [-0.15, -0.1) is 0 Å². The molecule has 1 aromatic carbocycles. The zero-order valence-electron chi connectivity index (χ0n) is 15.5. The third-order valence-electron chi connectivity index (χ3n) is 5.18. The van der Waals surface area contributed by atoms with Gasteiger partial charge in [-0.1, -0.05) is 30.3 Å². The van der Waals surface area contributed by atoms with Gasteiger partial charge in [-0.05, 0) is 38.2 Å². The quantitative estimate of drug-likeness (QED) is 0.627. The number of likely N-dealkylation sites (tertiary alicyclic amines) is 1. The molecule has 0 radical (unpaired) electrons. The lowest BCUT2D eigenvalue weighted by atomic mass is 9.93. The summed E-state index contributed by atoms with van der Waals surface area (Å²) in [4.78, 5) is 39.1. The molecule has 0 aliphatic carbocycles. The first-order valence-electron chi connectivity index (χ1n) is 9.28. The van der Waals surface area contributed by atoms with E-state index < -0.39 is 23.4 Å². The summed E-state index contributed by atoms with van der Waals surface area (Å²) in [5, 5.41) is 13.0. The van der Waals surface area contributed by atoms with E-state index in [0.717, 1.165) is 10.6 Å². The Balaban J connectivity index is 1.54. The van der Waals surface area contributed by atoms with Crippen molar-refractivity contribution in [2.75, 3.05) is 19.6 Å². The molecule has 146 valence electrons. The Morgan fingerprint density at radius 1 is 1.26 bits per heavy atom. The fraction of sp³-hybridized carbons (Fsp3) is 0.526. The first-order valence-corrected chi connectivity index (χ1v) is 9.28. The minimum atomic E-state index is -1.05. The fourth-order valence-corrected chi connectivity index (χ4v) is 3.43. The molecule has 8 nitrogen and oxygen atoms in total. The van der Waals surface area contributed by atoms with Crippen LogP contribution in [0.4, 0.5) is 4.79 Å². The van der Waals surface area contributed by atoms with Crippen LogP contribution in [-0.2, 0) is 16.0 Å². The van der Waals surface area contributed by atoms with E-state index in [9.17, 15) is 19.5 Å². The van der Waals surface area contributed by atoms with Crippen molar-refractivity contribution >= 4 is 17.8 Å². The molecule has 1 aromatic rings. The lowest BCUT2D eigenvalue weighted by Gasteiger charge is -2.29. The van der Waals surface area contributed by atoms with Crippen LogP contribution in [0.15, 0.2) is 30.3 Å². The van der Waals surface area contributed by atoms with Crippen molar-refractivity contribution in [3.8, 4) is 0 Å². The standard InChI is InChI=1S/C19H26N4O4/c1-19(10-7-14-5-3-2-4-6-14)17(26)23(18(27)20-19)21-16(25)13-22-11-8-15(24)9-12-22/h2-6,15,24H,7-13H2,1H3,(H,20,27)(H,21,25). The number of carbonyl (C=O) groups is 3. The molecule has 2 saturated heterocycles. The second-order valence-electron chi connectivity index (χ2n) is 7.43. The second-order valence-corrected chi connectivity index (χ2v) is 7.43. The summed E-state index contributed by atoms with van der Waals surface area (Å²) in [5.74, 6) is -0.868. The van der Waals surface area contributed by atoms with Gasteiger partial charge in [0.25, 0.3) is 11.8 Å². The topological polar surface area (TPSA) is 102 Å². The van der Waals surface area contributed by atoms with Gasteiger partial charge in [0, 0.05) is 13.1 Å². The van der Waals surface area contributed by atoms with Crippen LogP contribution in [0.1, 0.15) is 31.7 Å². The molecule has 2 heterocycles. The van der Waals surface area contributed by atoms with Gasteiger partial charge in [0.15, 0.2) is 0 Å². The number of hydrazine groups is 1. The SMILES string of the molecule is CC1(CCc2ccccc2)NC(=O)N(NC(=O)CN2CCC(O)CC2)C1=O. The Morgan fingerprint density at radius 3 is 2.59 bits per heavy atom. The maximum absolute atomic E-state index is 12.7. The zero-order chi connectivity index (χ0) is 19.4. The number of aryl methyl sites for hydroxylation is 1. The van der Waals surface area contributed by atoms with Gasteiger partial charge in [-0.25, -0.2) is 4.79 Å². The Morgan fingerprint density at radius 2 is 1.93 bits per heavy atom. The number of aliphatic hydroxyl groups is 1. The van der Waals surface area contributed by atoms with E-state index in [1.807, 2.05) is 35.2 Å². The molecule has 27 heavy (non-hydrogen) atoms. The van der Waals surface area contributed by atoms with Crippen LogP contribution < -0.4 is 10.7 Å². The third kappa shape index (κ3) is 4.64. The monoisotopic (exact) mass is 374 g/mol. The maximum atomic E-state index is 12.7. The number of imide groups is 1. The number of aliphatic hydroxyl groups excluding tert-OH is 1. The first-order chi connectivity index (χ1) is 12.9. The number of rotatable bonds is 6. The molecule has 2 fully saturated rings.